The Morgan fingerprint density at radius 1 is 1.00 bits per heavy atom. The minimum absolute atomic E-state index is 0.0418. The standard InChI is InChI=1S/C27H37Cl2N3O4S/c1-6-20(4)30-27(34)24(7-2)31(18-21-22(28)13-10-14-23(21)29)26(33)16-11-17-32(37(5,35)36)25-15-9-8-12-19(25)3/h8-10,12-15,20,24H,6-7,11,16-18H2,1-5H3,(H,30,34). The van der Waals surface area contributed by atoms with Gasteiger partial charge in [0.25, 0.3) is 0 Å². The second-order valence-corrected chi connectivity index (χ2v) is 11.9. The summed E-state index contributed by atoms with van der Waals surface area (Å²) >= 11 is 12.8. The van der Waals surface area contributed by atoms with Crippen molar-refractivity contribution in [1.82, 2.24) is 10.2 Å². The summed E-state index contributed by atoms with van der Waals surface area (Å²) in [5, 5.41) is 3.78. The first-order valence-corrected chi connectivity index (χ1v) is 15.1. The molecule has 7 nitrogen and oxygen atoms in total. The molecular formula is C27H37Cl2N3O4S. The summed E-state index contributed by atoms with van der Waals surface area (Å²) in [7, 11) is -3.56. The molecule has 2 amide bonds. The van der Waals surface area contributed by atoms with E-state index in [0.717, 1.165) is 18.2 Å². The van der Waals surface area contributed by atoms with E-state index in [4.69, 9.17) is 23.2 Å². The van der Waals surface area contributed by atoms with Crippen molar-refractivity contribution < 1.29 is 18.0 Å². The van der Waals surface area contributed by atoms with E-state index in [-0.39, 0.29) is 43.8 Å². The van der Waals surface area contributed by atoms with Crippen molar-refractivity contribution in [3.8, 4) is 0 Å². The number of halogens is 2. The molecular weight excluding hydrogens is 533 g/mol. The van der Waals surface area contributed by atoms with Crippen LogP contribution in [0.25, 0.3) is 0 Å². The Bertz CT molecular complexity index is 1170. The van der Waals surface area contributed by atoms with Crippen molar-refractivity contribution in [3.05, 3.63) is 63.6 Å². The summed E-state index contributed by atoms with van der Waals surface area (Å²) in [6.07, 6.45) is 2.63. The first-order valence-electron chi connectivity index (χ1n) is 12.5. The van der Waals surface area contributed by atoms with Gasteiger partial charge in [-0.3, -0.25) is 13.9 Å². The highest BCUT2D eigenvalue weighted by molar-refractivity contribution is 7.92. The van der Waals surface area contributed by atoms with Gasteiger partial charge in [0.2, 0.25) is 21.8 Å². The Labute approximate surface area is 231 Å². The number of nitrogens with one attached hydrogen (secondary N) is 1. The summed E-state index contributed by atoms with van der Waals surface area (Å²) in [6, 6.07) is 11.6. The van der Waals surface area contributed by atoms with Gasteiger partial charge in [0, 0.05) is 41.2 Å². The van der Waals surface area contributed by atoms with Gasteiger partial charge < -0.3 is 10.2 Å². The molecule has 0 aliphatic rings. The van der Waals surface area contributed by atoms with E-state index >= 15 is 0 Å². The van der Waals surface area contributed by atoms with Gasteiger partial charge in [0.15, 0.2) is 0 Å². The number of benzene rings is 2. The number of sulfonamides is 1. The minimum atomic E-state index is -3.56. The number of carbonyl (C=O) groups excluding carboxylic acids is 2. The predicted octanol–water partition coefficient (Wildman–Crippen LogP) is 5.57. The van der Waals surface area contributed by atoms with Crippen molar-refractivity contribution in [2.24, 2.45) is 0 Å². The molecule has 204 valence electrons. The number of rotatable bonds is 13. The average Bonchev–Trinajstić information content (AvgIpc) is 2.83. The second kappa shape index (κ2) is 14.0. The highest BCUT2D eigenvalue weighted by Crippen LogP contribution is 2.28. The third kappa shape index (κ3) is 8.62. The number of anilines is 1. The molecule has 0 heterocycles. The molecule has 1 N–H and O–H groups in total. The largest absolute Gasteiger partial charge is 0.352 e. The molecule has 2 atom stereocenters. The SMILES string of the molecule is CCC(C)NC(=O)C(CC)N(Cc1c(Cl)cccc1Cl)C(=O)CCCN(c1ccccc1C)S(C)(=O)=O. The molecule has 0 aliphatic heterocycles. The number of hydrogen-bond acceptors (Lipinski definition) is 4. The molecule has 0 saturated heterocycles. The number of aryl methyl sites for hydroxylation is 1. The van der Waals surface area contributed by atoms with Crippen LogP contribution in [0, 0.1) is 6.92 Å². The quantitative estimate of drug-likeness (QED) is 0.341. The van der Waals surface area contributed by atoms with Crippen molar-refractivity contribution in [2.75, 3.05) is 17.1 Å². The topological polar surface area (TPSA) is 86.8 Å². The van der Waals surface area contributed by atoms with E-state index in [1.807, 2.05) is 39.8 Å². The maximum Gasteiger partial charge on any atom is 0.243 e. The molecule has 37 heavy (non-hydrogen) atoms. The Kier molecular flexibility index (Phi) is 11.7. The Balaban J connectivity index is 2.29. The van der Waals surface area contributed by atoms with Gasteiger partial charge in [-0.15, -0.1) is 0 Å². The fraction of sp³-hybridized carbons (Fsp3) is 0.481. The molecule has 2 aromatic carbocycles. The van der Waals surface area contributed by atoms with Crippen LogP contribution < -0.4 is 9.62 Å². The summed E-state index contributed by atoms with van der Waals surface area (Å²) in [5.41, 5.74) is 1.96. The van der Waals surface area contributed by atoms with E-state index in [2.05, 4.69) is 5.32 Å². The lowest BCUT2D eigenvalue weighted by Gasteiger charge is -2.32. The normalized spacial score (nSPS) is 13.1. The number of hydrogen-bond donors (Lipinski definition) is 1. The van der Waals surface area contributed by atoms with Crippen LogP contribution in [-0.4, -0.2) is 50.0 Å². The molecule has 2 aromatic rings. The Morgan fingerprint density at radius 3 is 2.16 bits per heavy atom. The maximum atomic E-state index is 13.6. The molecule has 10 heteroatoms. The van der Waals surface area contributed by atoms with Crippen molar-refractivity contribution >= 4 is 50.7 Å². The van der Waals surface area contributed by atoms with Gasteiger partial charge in [-0.2, -0.15) is 0 Å². The summed E-state index contributed by atoms with van der Waals surface area (Å²) in [5.74, 6) is -0.522. The van der Waals surface area contributed by atoms with Crippen molar-refractivity contribution in [3.63, 3.8) is 0 Å². The van der Waals surface area contributed by atoms with Gasteiger partial charge in [-0.1, -0.05) is 61.3 Å². The fourth-order valence-electron chi connectivity index (χ4n) is 4.04. The maximum absolute atomic E-state index is 13.6. The summed E-state index contributed by atoms with van der Waals surface area (Å²) < 4.78 is 26.4. The van der Waals surface area contributed by atoms with Crippen LogP contribution in [0.5, 0.6) is 0 Å². The second-order valence-electron chi connectivity index (χ2n) is 9.19. The monoisotopic (exact) mass is 569 g/mol. The van der Waals surface area contributed by atoms with Crippen LogP contribution in [-0.2, 0) is 26.2 Å². The fourth-order valence-corrected chi connectivity index (χ4v) is 5.58. The number of amides is 2. The van der Waals surface area contributed by atoms with Crippen LogP contribution in [0.4, 0.5) is 5.69 Å². The van der Waals surface area contributed by atoms with Gasteiger partial charge >= 0.3 is 0 Å². The number of nitrogens with zero attached hydrogens (tertiary/aromatic N) is 2. The molecule has 0 fully saturated rings. The van der Waals surface area contributed by atoms with E-state index in [9.17, 15) is 18.0 Å². The molecule has 0 aliphatic carbocycles. The minimum Gasteiger partial charge on any atom is -0.352 e. The molecule has 2 rings (SSSR count). The number of carbonyl (C=O) groups is 2. The van der Waals surface area contributed by atoms with Gasteiger partial charge in [0.1, 0.15) is 6.04 Å². The zero-order valence-corrected chi connectivity index (χ0v) is 24.5. The average molecular weight is 571 g/mol. The Hall–Kier alpha value is -2.29. The van der Waals surface area contributed by atoms with Crippen LogP contribution in [0.2, 0.25) is 10.0 Å². The lowest BCUT2D eigenvalue weighted by atomic mass is 10.1. The number of para-hydroxylation sites is 1. The van der Waals surface area contributed by atoms with Gasteiger partial charge in [-0.05, 0) is 56.9 Å². The van der Waals surface area contributed by atoms with E-state index in [0.29, 0.717) is 27.7 Å². The zero-order chi connectivity index (χ0) is 27.8. The van der Waals surface area contributed by atoms with Crippen LogP contribution in [0.1, 0.15) is 57.6 Å². The lowest BCUT2D eigenvalue weighted by Crippen LogP contribution is -2.50. The smallest absolute Gasteiger partial charge is 0.243 e. The molecule has 0 bridgehead atoms. The van der Waals surface area contributed by atoms with Gasteiger partial charge in [-0.25, -0.2) is 8.42 Å². The van der Waals surface area contributed by atoms with Crippen LogP contribution in [0.15, 0.2) is 42.5 Å². The van der Waals surface area contributed by atoms with Gasteiger partial charge in [0.05, 0.1) is 11.9 Å². The lowest BCUT2D eigenvalue weighted by molar-refractivity contribution is -0.141. The van der Waals surface area contributed by atoms with E-state index in [1.165, 1.54) is 9.21 Å². The first kappa shape index (κ1) is 30.9. The van der Waals surface area contributed by atoms with E-state index < -0.39 is 16.1 Å². The first-order chi connectivity index (χ1) is 17.4. The molecule has 0 saturated carbocycles. The van der Waals surface area contributed by atoms with Crippen LogP contribution >= 0.6 is 23.2 Å². The molecule has 0 spiro atoms. The molecule has 0 radical (unpaired) electrons. The molecule has 0 aromatic heterocycles. The molecule has 2 unspecified atom stereocenters. The summed E-state index contributed by atoms with van der Waals surface area (Å²) in [6.45, 7) is 7.77. The summed E-state index contributed by atoms with van der Waals surface area (Å²) in [4.78, 5) is 28.2. The van der Waals surface area contributed by atoms with E-state index in [1.54, 1.807) is 30.3 Å². The third-order valence-electron chi connectivity index (χ3n) is 6.31. The highest BCUT2D eigenvalue weighted by Gasteiger charge is 2.30. The van der Waals surface area contributed by atoms with Crippen molar-refractivity contribution in [1.29, 1.82) is 0 Å². The zero-order valence-electron chi connectivity index (χ0n) is 22.1. The van der Waals surface area contributed by atoms with Crippen LogP contribution in [0.3, 0.4) is 0 Å². The third-order valence-corrected chi connectivity index (χ3v) is 8.20. The predicted molar refractivity (Wildman–Crippen MR) is 152 cm³/mol. The Morgan fingerprint density at radius 2 is 1.62 bits per heavy atom. The van der Waals surface area contributed by atoms with Crippen molar-refractivity contribution in [2.45, 2.75) is 72.0 Å². The highest BCUT2D eigenvalue weighted by atomic mass is 35.5.